The molecule has 48 heavy (non-hydrogen) atoms. The van der Waals surface area contributed by atoms with Crippen molar-refractivity contribution in [1.82, 2.24) is 0 Å². The standard InChI is InChI=1S/C42H44O5S/c1-6-16-33(17-7-1)26-27-48-42-41(46-31-37-24-14-5-15-25-37)40(45-30-36-22-12-4-13-23-36)39(44-29-35-20-10-3-11-21-35)38(47-42)32-43-28-34-18-8-2-9-19-34/h1-25,38-42H,26-32H2/t38-,39-,40+,41-,42+/m1/s1. The molecule has 0 saturated carbocycles. The van der Waals surface area contributed by atoms with E-state index in [0.717, 1.165) is 34.4 Å². The van der Waals surface area contributed by atoms with Gasteiger partial charge < -0.3 is 23.7 Å². The molecule has 1 aliphatic heterocycles. The molecule has 1 heterocycles. The second-order valence-electron chi connectivity index (χ2n) is 11.9. The van der Waals surface area contributed by atoms with Gasteiger partial charge in [0.1, 0.15) is 29.9 Å². The Bertz CT molecular complexity index is 1470. The molecule has 1 aliphatic rings. The summed E-state index contributed by atoms with van der Waals surface area (Å²) < 4.78 is 33.7. The van der Waals surface area contributed by atoms with Gasteiger partial charge in [0, 0.05) is 0 Å². The van der Waals surface area contributed by atoms with Gasteiger partial charge in [0.2, 0.25) is 0 Å². The van der Waals surface area contributed by atoms with Crippen molar-refractivity contribution >= 4 is 11.8 Å². The molecule has 0 aromatic heterocycles. The van der Waals surface area contributed by atoms with E-state index in [4.69, 9.17) is 23.7 Å². The fourth-order valence-electron chi connectivity index (χ4n) is 5.82. The van der Waals surface area contributed by atoms with Crippen LogP contribution in [0, 0.1) is 0 Å². The third-order valence-corrected chi connectivity index (χ3v) is 9.50. The summed E-state index contributed by atoms with van der Waals surface area (Å²) in [5, 5.41) is 0. The highest BCUT2D eigenvalue weighted by atomic mass is 32.2. The van der Waals surface area contributed by atoms with Crippen LogP contribution in [0.25, 0.3) is 0 Å². The minimum atomic E-state index is -0.434. The van der Waals surface area contributed by atoms with E-state index in [1.807, 2.05) is 72.8 Å². The van der Waals surface area contributed by atoms with Gasteiger partial charge in [-0.3, -0.25) is 0 Å². The van der Waals surface area contributed by atoms with E-state index in [-0.39, 0.29) is 17.6 Å². The smallest absolute Gasteiger partial charge is 0.132 e. The molecule has 0 aliphatic carbocycles. The second-order valence-corrected chi connectivity index (χ2v) is 13.1. The molecule has 6 rings (SSSR count). The molecule has 5 aromatic carbocycles. The molecule has 1 saturated heterocycles. The van der Waals surface area contributed by atoms with E-state index in [0.29, 0.717) is 33.0 Å². The third-order valence-electron chi connectivity index (χ3n) is 8.36. The Kier molecular flexibility index (Phi) is 13.3. The van der Waals surface area contributed by atoms with E-state index in [2.05, 4.69) is 78.9 Å². The molecule has 248 valence electrons. The number of aryl methyl sites for hydroxylation is 1. The molecular weight excluding hydrogens is 617 g/mol. The minimum absolute atomic E-state index is 0.292. The van der Waals surface area contributed by atoms with Crippen molar-refractivity contribution in [2.75, 3.05) is 12.4 Å². The summed E-state index contributed by atoms with van der Waals surface area (Å²) >= 11 is 1.77. The molecule has 0 radical (unpaired) electrons. The number of benzene rings is 5. The molecule has 6 heteroatoms. The summed E-state index contributed by atoms with van der Waals surface area (Å²) in [6.07, 6.45) is -0.678. The van der Waals surface area contributed by atoms with Crippen molar-refractivity contribution in [1.29, 1.82) is 0 Å². The zero-order valence-corrected chi connectivity index (χ0v) is 28.0. The predicted octanol–water partition coefficient (Wildman–Crippen LogP) is 8.66. The average Bonchev–Trinajstić information content (AvgIpc) is 3.15. The normalized spacial score (nSPS) is 20.8. The van der Waals surface area contributed by atoms with Gasteiger partial charge in [0.05, 0.1) is 33.0 Å². The number of hydrogen-bond donors (Lipinski definition) is 0. The van der Waals surface area contributed by atoms with Crippen LogP contribution >= 0.6 is 11.8 Å². The molecule has 0 bridgehead atoms. The number of rotatable bonds is 17. The topological polar surface area (TPSA) is 46.2 Å². The highest BCUT2D eigenvalue weighted by molar-refractivity contribution is 7.99. The van der Waals surface area contributed by atoms with Gasteiger partial charge in [-0.15, -0.1) is 11.8 Å². The van der Waals surface area contributed by atoms with Crippen LogP contribution in [0.2, 0.25) is 0 Å². The summed E-state index contributed by atoms with van der Waals surface area (Å²) in [5.41, 5.74) is 5.40. The van der Waals surface area contributed by atoms with Crippen LogP contribution in [0.3, 0.4) is 0 Å². The number of thioether (sulfide) groups is 1. The zero-order chi connectivity index (χ0) is 32.6. The van der Waals surface area contributed by atoms with Gasteiger partial charge in [-0.1, -0.05) is 152 Å². The highest BCUT2D eigenvalue weighted by Gasteiger charge is 2.48. The van der Waals surface area contributed by atoms with Crippen molar-refractivity contribution in [2.24, 2.45) is 0 Å². The maximum absolute atomic E-state index is 6.95. The fraction of sp³-hybridized carbons (Fsp3) is 0.286. The molecule has 0 amide bonds. The molecule has 5 aromatic rings. The quantitative estimate of drug-likeness (QED) is 0.0995. The lowest BCUT2D eigenvalue weighted by molar-refractivity contribution is -0.254. The Balaban J connectivity index is 1.27. The van der Waals surface area contributed by atoms with Crippen molar-refractivity contribution in [2.45, 2.75) is 62.7 Å². The van der Waals surface area contributed by atoms with Crippen LogP contribution in [0.1, 0.15) is 27.8 Å². The maximum atomic E-state index is 6.95. The molecule has 5 atom stereocenters. The lowest BCUT2D eigenvalue weighted by Gasteiger charge is -2.46. The van der Waals surface area contributed by atoms with Gasteiger partial charge in [0.15, 0.2) is 0 Å². The number of hydrogen-bond acceptors (Lipinski definition) is 6. The maximum Gasteiger partial charge on any atom is 0.132 e. The van der Waals surface area contributed by atoms with Gasteiger partial charge in [-0.25, -0.2) is 0 Å². The largest absolute Gasteiger partial charge is 0.374 e. The molecule has 0 N–H and O–H groups in total. The van der Waals surface area contributed by atoms with Gasteiger partial charge in [0.25, 0.3) is 0 Å². The first-order valence-electron chi connectivity index (χ1n) is 16.7. The molecule has 0 spiro atoms. The summed E-state index contributed by atoms with van der Waals surface area (Å²) in [6, 6.07) is 51.6. The molecule has 1 fully saturated rings. The third kappa shape index (κ3) is 10.4. The van der Waals surface area contributed by atoms with Crippen molar-refractivity contribution in [3.8, 4) is 0 Å². The number of ether oxygens (including phenoxy) is 5. The van der Waals surface area contributed by atoms with E-state index in [1.54, 1.807) is 11.8 Å². The lowest BCUT2D eigenvalue weighted by Crippen LogP contribution is -2.60. The average molecular weight is 661 g/mol. The fourth-order valence-corrected chi connectivity index (χ4v) is 7.05. The lowest BCUT2D eigenvalue weighted by atomic mass is 9.98. The Morgan fingerprint density at radius 3 is 1.31 bits per heavy atom. The first-order chi connectivity index (χ1) is 23.8. The molecule has 0 unspecified atom stereocenters. The van der Waals surface area contributed by atoms with E-state index < -0.39 is 12.2 Å². The summed E-state index contributed by atoms with van der Waals surface area (Å²) in [4.78, 5) is 0. The summed E-state index contributed by atoms with van der Waals surface area (Å²) in [6.45, 7) is 2.14. The second kappa shape index (κ2) is 18.7. The van der Waals surface area contributed by atoms with E-state index in [1.165, 1.54) is 5.56 Å². The van der Waals surface area contributed by atoms with Crippen molar-refractivity contribution in [3.05, 3.63) is 179 Å². The van der Waals surface area contributed by atoms with Crippen molar-refractivity contribution < 1.29 is 23.7 Å². The Hall–Kier alpha value is -3.75. The Labute approximate surface area is 289 Å². The van der Waals surface area contributed by atoms with Crippen LogP contribution < -0.4 is 0 Å². The SMILES string of the molecule is c1ccc(CCS[C@@H]2O[C@H](COCc3ccccc3)[C@@H](OCc3ccccc3)[C@H](OCc3ccccc3)[C@H]2OCc2ccccc2)cc1. The van der Waals surface area contributed by atoms with E-state index in [9.17, 15) is 0 Å². The minimum Gasteiger partial charge on any atom is -0.374 e. The van der Waals surface area contributed by atoms with Crippen LogP contribution in [0.4, 0.5) is 0 Å². The van der Waals surface area contributed by atoms with Gasteiger partial charge >= 0.3 is 0 Å². The van der Waals surface area contributed by atoms with E-state index >= 15 is 0 Å². The molecule has 5 nitrogen and oxygen atoms in total. The van der Waals surface area contributed by atoms with Crippen LogP contribution in [-0.2, 0) is 56.5 Å². The van der Waals surface area contributed by atoms with Gasteiger partial charge in [-0.05, 0) is 40.0 Å². The first kappa shape index (κ1) is 34.1. The van der Waals surface area contributed by atoms with Crippen LogP contribution in [0.15, 0.2) is 152 Å². The monoisotopic (exact) mass is 660 g/mol. The zero-order valence-electron chi connectivity index (χ0n) is 27.2. The Morgan fingerprint density at radius 1 is 0.438 bits per heavy atom. The highest BCUT2D eigenvalue weighted by Crippen LogP contribution is 2.36. The van der Waals surface area contributed by atoms with Gasteiger partial charge in [-0.2, -0.15) is 0 Å². The predicted molar refractivity (Wildman–Crippen MR) is 192 cm³/mol. The Morgan fingerprint density at radius 2 is 0.833 bits per heavy atom. The first-order valence-corrected chi connectivity index (χ1v) is 17.8. The summed E-state index contributed by atoms with van der Waals surface area (Å²) in [5.74, 6) is 0.873. The van der Waals surface area contributed by atoms with Crippen LogP contribution in [-0.4, -0.2) is 42.2 Å². The molecular formula is C42H44O5S. The van der Waals surface area contributed by atoms with Crippen molar-refractivity contribution in [3.63, 3.8) is 0 Å². The summed E-state index contributed by atoms with van der Waals surface area (Å²) in [7, 11) is 0. The van der Waals surface area contributed by atoms with Crippen LogP contribution in [0.5, 0.6) is 0 Å².